The van der Waals surface area contributed by atoms with Gasteiger partial charge in [0.15, 0.2) is 11.5 Å². The van der Waals surface area contributed by atoms with Crippen LogP contribution in [0.25, 0.3) is 0 Å². The molecule has 1 saturated heterocycles. The maximum absolute atomic E-state index is 14.2. The van der Waals surface area contributed by atoms with Gasteiger partial charge in [-0.3, -0.25) is 0 Å². The molecule has 0 aromatic heterocycles. The average Bonchev–Trinajstić information content (AvgIpc) is 2.39. The van der Waals surface area contributed by atoms with E-state index in [2.05, 4.69) is 21.2 Å². The Balaban J connectivity index is 2.46. The zero-order chi connectivity index (χ0) is 13.1. The minimum absolute atomic E-state index is 0.0351. The van der Waals surface area contributed by atoms with E-state index in [1.807, 2.05) is 0 Å². The maximum Gasteiger partial charge on any atom is 0.175 e. The Hall–Kier alpha value is -0.810. The summed E-state index contributed by atoms with van der Waals surface area (Å²) in [5.74, 6) is 0.682. The van der Waals surface area contributed by atoms with Crippen LogP contribution < -0.4 is 14.8 Å². The summed E-state index contributed by atoms with van der Waals surface area (Å²) in [5, 5.41) is 3.34. The van der Waals surface area contributed by atoms with Gasteiger partial charge in [0.25, 0.3) is 0 Å². The lowest BCUT2D eigenvalue weighted by Gasteiger charge is -2.26. The van der Waals surface area contributed by atoms with Gasteiger partial charge in [0.1, 0.15) is 5.82 Å². The van der Waals surface area contributed by atoms with E-state index in [1.54, 1.807) is 7.11 Å². The van der Waals surface area contributed by atoms with Gasteiger partial charge in [-0.05, 0) is 35.3 Å². The third-order valence-corrected chi connectivity index (χ3v) is 4.04. The standard InChI is InChI=1S/C13H17BrFNO2/c1-17-10-7-8(15)11(12(14)13(10)18-2)9-5-3-4-6-16-9/h7,9,16H,3-6H2,1-2H3. The van der Waals surface area contributed by atoms with Crippen molar-refractivity contribution in [3.8, 4) is 11.5 Å². The molecule has 5 heteroatoms. The highest BCUT2D eigenvalue weighted by atomic mass is 79.9. The first kappa shape index (κ1) is 13.6. The molecule has 100 valence electrons. The second kappa shape index (κ2) is 5.89. The molecule has 1 aromatic rings. The first-order valence-corrected chi connectivity index (χ1v) is 6.81. The molecule has 0 spiro atoms. The smallest absolute Gasteiger partial charge is 0.175 e. The highest BCUT2D eigenvalue weighted by Gasteiger charge is 2.25. The van der Waals surface area contributed by atoms with Crippen LogP contribution in [0.1, 0.15) is 30.9 Å². The Morgan fingerprint density at radius 1 is 1.33 bits per heavy atom. The van der Waals surface area contributed by atoms with E-state index >= 15 is 0 Å². The van der Waals surface area contributed by atoms with Crippen molar-refractivity contribution >= 4 is 15.9 Å². The van der Waals surface area contributed by atoms with E-state index in [0.717, 1.165) is 25.8 Å². The van der Waals surface area contributed by atoms with E-state index < -0.39 is 0 Å². The van der Waals surface area contributed by atoms with Crippen LogP contribution in [0.15, 0.2) is 10.5 Å². The fourth-order valence-electron chi connectivity index (χ4n) is 2.35. The van der Waals surface area contributed by atoms with Gasteiger partial charge in [-0.15, -0.1) is 0 Å². The summed E-state index contributed by atoms with van der Waals surface area (Å²) in [6.07, 6.45) is 3.19. The van der Waals surface area contributed by atoms with E-state index in [9.17, 15) is 4.39 Å². The maximum atomic E-state index is 14.2. The summed E-state index contributed by atoms with van der Waals surface area (Å²) in [6.45, 7) is 0.922. The number of nitrogens with one attached hydrogen (secondary N) is 1. The van der Waals surface area contributed by atoms with Crippen molar-refractivity contribution in [3.63, 3.8) is 0 Å². The molecule has 0 aliphatic carbocycles. The van der Waals surface area contributed by atoms with E-state index in [4.69, 9.17) is 9.47 Å². The molecule has 1 aliphatic heterocycles. The zero-order valence-electron chi connectivity index (χ0n) is 10.6. The summed E-state index contributed by atoms with van der Waals surface area (Å²) in [7, 11) is 3.06. The van der Waals surface area contributed by atoms with E-state index in [0.29, 0.717) is 21.5 Å². The van der Waals surface area contributed by atoms with E-state index in [1.165, 1.54) is 13.2 Å². The van der Waals surface area contributed by atoms with Gasteiger partial charge in [-0.1, -0.05) is 6.42 Å². The van der Waals surface area contributed by atoms with Gasteiger partial charge < -0.3 is 14.8 Å². The fraction of sp³-hybridized carbons (Fsp3) is 0.538. The molecule has 1 atom stereocenters. The molecule has 1 N–H and O–H groups in total. The first-order valence-electron chi connectivity index (χ1n) is 6.02. The van der Waals surface area contributed by atoms with Crippen LogP contribution in [-0.4, -0.2) is 20.8 Å². The molecule has 0 saturated carbocycles. The number of benzene rings is 1. The summed E-state index contributed by atoms with van der Waals surface area (Å²) in [5.41, 5.74) is 0.632. The third kappa shape index (κ3) is 2.47. The Morgan fingerprint density at radius 2 is 2.11 bits per heavy atom. The lowest BCUT2D eigenvalue weighted by atomic mass is 9.96. The summed E-state index contributed by atoms with van der Waals surface area (Å²) in [6, 6.07) is 1.42. The van der Waals surface area contributed by atoms with E-state index in [-0.39, 0.29) is 11.9 Å². The number of rotatable bonds is 3. The minimum Gasteiger partial charge on any atom is -0.493 e. The molecule has 2 rings (SSSR count). The summed E-state index contributed by atoms with van der Waals surface area (Å²) in [4.78, 5) is 0. The Labute approximate surface area is 115 Å². The molecule has 1 fully saturated rings. The number of ether oxygens (including phenoxy) is 2. The molecular weight excluding hydrogens is 301 g/mol. The largest absolute Gasteiger partial charge is 0.493 e. The lowest BCUT2D eigenvalue weighted by molar-refractivity contribution is 0.344. The van der Waals surface area contributed by atoms with Crippen LogP contribution >= 0.6 is 15.9 Å². The van der Waals surface area contributed by atoms with Gasteiger partial charge >= 0.3 is 0 Å². The number of methoxy groups -OCH3 is 2. The highest BCUT2D eigenvalue weighted by Crippen LogP contribution is 2.42. The predicted molar refractivity (Wildman–Crippen MR) is 71.8 cm³/mol. The Bertz CT molecular complexity index is 433. The second-order valence-corrected chi connectivity index (χ2v) is 5.12. The van der Waals surface area contributed by atoms with Crippen LogP contribution in [-0.2, 0) is 0 Å². The van der Waals surface area contributed by atoms with Crippen molar-refractivity contribution in [1.29, 1.82) is 0 Å². The first-order chi connectivity index (χ1) is 8.69. The van der Waals surface area contributed by atoms with Crippen LogP contribution in [0.2, 0.25) is 0 Å². The number of hydrogen-bond donors (Lipinski definition) is 1. The van der Waals surface area contributed by atoms with Gasteiger partial charge in [-0.25, -0.2) is 4.39 Å². The highest BCUT2D eigenvalue weighted by molar-refractivity contribution is 9.10. The van der Waals surface area contributed by atoms with Crippen LogP contribution in [0.5, 0.6) is 11.5 Å². The molecule has 18 heavy (non-hydrogen) atoms. The normalized spacial score (nSPS) is 19.7. The average molecular weight is 318 g/mol. The Morgan fingerprint density at radius 3 is 2.67 bits per heavy atom. The predicted octanol–water partition coefficient (Wildman–Crippen LogP) is 3.42. The van der Waals surface area contributed by atoms with Crippen molar-refractivity contribution in [2.24, 2.45) is 0 Å². The fourth-order valence-corrected chi connectivity index (χ4v) is 3.18. The number of piperidine rings is 1. The van der Waals surface area contributed by atoms with Gasteiger partial charge in [0, 0.05) is 17.7 Å². The van der Waals surface area contributed by atoms with Crippen LogP contribution in [0.4, 0.5) is 4.39 Å². The van der Waals surface area contributed by atoms with Crippen molar-refractivity contribution < 1.29 is 13.9 Å². The number of halogens is 2. The molecule has 0 amide bonds. The van der Waals surface area contributed by atoms with Gasteiger partial charge in [0.05, 0.1) is 18.7 Å². The molecular formula is C13H17BrFNO2. The molecule has 3 nitrogen and oxygen atoms in total. The third-order valence-electron chi connectivity index (χ3n) is 3.26. The molecule has 0 bridgehead atoms. The second-order valence-electron chi connectivity index (χ2n) is 4.32. The summed E-state index contributed by atoms with van der Waals surface area (Å²) < 4.78 is 25.2. The molecule has 1 unspecified atom stereocenters. The van der Waals surface area contributed by atoms with Gasteiger partial charge in [0.2, 0.25) is 0 Å². The minimum atomic E-state index is -0.265. The van der Waals surface area contributed by atoms with Crippen LogP contribution in [0.3, 0.4) is 0 Å². The molecule has 1 heterocycles. The quantitative estimate of drug-likeness (QED) is 0.926. The SMILES string of the molecule is COc1cc(F)c(C2CCCCN2)c(Br)c1OC. The van der Waals surface area contributed by atoms with Crippen LogP contribution in [0, 0.1) is 5.82 Å². The lowest BCUT2D eigenvalue weighted by Crippen LogP contribution is -2.28. The summed E-state index contributed by atoms with van der Waals surface area (Å²) >= 11 is 3.43. The molecule has 1 aliphatic rings. The zero-order valence-corrected chi connectivity index (χ0v) is 12.1. The topological polar surface area (TPSA) is 30.5 Å². The molecule has 0 radical (unpaired) electrons. The van der Waals surface area contributed by atoms with Crippen molar-refractivity contribution in [1.82, 2.24) is 5.32 Å². The van der Waals surface area contributed by atoms with Crippen molar-refractivity contribution in [2.75, 3.05) is 20.8 Å². The van der Waals surface area contributed by atoms with Crippen molar-refractivity contribution in [3.05, 3.63) is 21.9 Å². The number of hydrogen-bond acceptors (Lipinski definition) is 3. The monoisotopic (exact) mass is 317 g/mol. The Kier molecular flexibility index (Phi) is 4.45. The van der Waals surface area contributed by atoms with Gasteiger partial charge in [-0.2, -0.15) is 0 Å². The molecule has 1 aromatic carbocycles. The van der Waals surface area contributed by atoms with Crippen molar-refractivity contribution in [2.45, 2.75) is 25.3 Å².